The Labute approximate surface area is 111 Å². The molecule has 0 aromatic heterocycles. The van der Waals surface area contributed by atoms with E-state index in [1.54, 1.807) is 14.2 Å². The molecular formula is C13H19BrO3. The molecular weight excluding hydrogens is 284 g/mol. The van der Waals surface area contributed by atoms with Crippen molar-refractivity contribution in [2.24, 2.45) is 0 Å². The first-order valence-corrected chi connectivity index (χ1v) is 6.37. The fraction of sp³-hybridized carbons (Fsp3) is 0.538. The Morgan fingerprint density at radius 1 is 1.35 bits per heavy atom. The van der Waals surface area contributed by atoms with E-state index < -0.39 is 5.60 Å². The Balaban J connectivity index is 2.95. The average Bonchev–Trinajstić information content (AvgIpc) is 2.29. The van der Waals surface area contributed by atoms with E-state index in [0.717, 1.165) is 15.8 Å². The summed E-state index contributed by atoms with van der Waals surface area (Å²) in [5, 5.41) is 10.4. The molecule has 1 aromatic carbocycles. The van der Waals surface area contributed by atoms with Crippen molar-refractivity contribution in [3.8, 4) is 5.75 Å². The van der Waals surface area contributed by atoms with Crippen molar-refractivity contribution in [1.29, 1.82) is 0 Å². The van der Waals surface area contributed by atoms with Crippen LogP contribution >= 0.6 is 15.9 Å². The summed E-state index contributed by atoms with van der Waals surface area (Å²) in [6.07, 6.45) is 1.15. The van der Waals surface area contributed by atoms with Crippen molar-refractivity contribution in [3.05, 3.63) is 28.2 Å². The molecule has 1 rings (SSSR count). The molecule has 0 saturated heterocycles. The first-order valence-electron chi connectivity index (χ1n) is 5.58. The Kier molecular flexibility index (Phi) is 5.43. The summed E-state index contributed by atoms with van der Waals surface area (Å²) in [6, 6.07) is 5.78. The zero-order chi connectivity index (χ0) is 12.9. The van der Waals surface area contributed by atoms with Gasteiger partial charge in [-0.3, -0.25) is 0 Å². The molecule has 1 atom stereocenters. The Hall–Kier alpha value is -0.580. The van der Waals surface area contributed by atoms with Gasteiger partial charge in [-0.2, -0.15) is 0 Å². The normalized spacial score (nSPS) is 14.4. The highest BCUT2D eigenvalue weighted by Gasteiger charge is 2.26. The van der Waals surface area contributed by atoms with Crippen LogP contribution in [0.1, 0.15) is 18.9 Å². The van der Waals surface area contributed by atoms with Gasteiger partial charge >= 0.3 is 0 Å². The maximum atomic E-state index is 10.4. The summed E-state index contributed by atoms with van der Waals surface area (Å²) in [6.45, 7) is 2.27. The van der Waals surface area contributed by atoms with Crippen LogP contribution in [0.25, 0.3) is 0 Å². The molecule has 0 bridgehead atoms. The summed E-state index contributed by atoms with van der Waals surface area (Å²) in [5.74, 6) is 0.788. The summed E-state index contributed by atoms with van der Waals surface area (Å²) in [7, 11) is 3.23. The minimum atomic E-state index is -0.844. The van der Waals surface area contributed by atoms with Crippen LogP contribution in [-0.4, -0.2) is 31.5 Å². The van der Waals surface area contributed by atoms with E-state index in [0.29, 0.717) is 19.4 Å². The fourth-order valence-corrected chi connectivity index (χ4v) is 2.20. The van der Waals surface area contributed by atoms with Gasteiger partial charge in [0.2, 0.25) is 0 Å². The molecule has 3 nitrogen and oxygen atoms in total. The molecule has 0 fully saturated rings. The predicted octanol–water partition coefficient (Wildman–Crippen LogP) is 2.79. The highest BCUT2D eigenvalue weighted by atomic mass is 79.9. The van der Waals surface area contributed by atoms with Gasteiger partial charge < -0.3 is 14.6 Å². The molecule has 0 aliphatic heterocycles. The van der Waals surface area contributed by atoms with Crippen molar-refractivity contribution >= 4 is 15.9 Å². The number of ether oxygens (including phenoxy) is 2. The van der Waals surface area contributed by atoms with Crippen LogP contribution in [0.5, 0.6) is 5.75 Å². The molecule has 0 saturated carbocycles. The average molecular weight is 303 g/mol. The summed E-state index contributed by atoms with van der Waals surface area (Å²) < 4.78 is 11.3. The van der Waals surface area contributed by atoms with Gasteiger partial charge in [0.05, 0.1) is 19.3 Å². The molecule has 96 valence electrons. The molecule has 4 heteroatoms. The topological polar surface area (TPSA) is 38.7 Å². The number of halogens is 1. The smallest absolute Gasteiger partial charge is 0.122 e. The summed E-state index contributed by atoms with van der Waals surface area (Å²) in [4.78, 5) is 0. The Morgan fingerprint density at radius 3 is 2.59 bits per heavy atom. The minimum Gasteiger partial charge on any atom is -0.496 e. The van der Waals surface area contributed by atoms with Crippen LogP contribution in [0.3, 0.4) is 0 Å². The number of rotatable bonds is 6. The minimum absolute atomic E-state index is 0.319. The number of benzene rings is 1. The van der Waals surface area contributed by atoms with E-state index in [9.17, 15) is 5.11 Å². The summed E-state index contributed by atoms with van der Waals surface area (Å²) in [5.41, 5.74) is 0.131. The van der Waals surface area contributed by atoms with Gasteiger partial charge in [-0.05, 0) is 30.2 Å². The molecule has 0 amide bonds. The van der Waals surface area contributed by atoms with Crippen LogP contribution in [0, 0.1) is 0 Å². The number of methoxy groups -OCH3 is 2. The van der Waals surface area contributed by atoms with E-state index in [-0.39, 0.29) is 0 Å². The van der Waals surface area contributed by atoms with Gasteiger partial charge in [-0.1, -0.05) is 22.9 Å². The molecule has 0 aliphatic carbocycles. The van der Waals surface area contributed by atoms with Crippen LogP contribution in [0.4, 0.5) is 0 Å². The third-order valence-electron chi connectivity index (χ3n) is 2.83. The highest BCUT2D eigenvalue weighted by Crippen LogP contribution is 2.28. The van der Waals surface area contributed by atoms with Crippen LogP contribution in [0.2, 0.25) is 0 Å². The SMILES string of the molecule is CCC(O)(COC)Cc1cc(Br)ccc1OC. The van der Waals surface area contributed by atoms with Gasteiger partial charge in [-0.15, -0.1) is 0 Å². The van der Waals surface area contributed by atoms with Gasteiger partial charge in [0, 0.05) is 18.0 Å². The predicted molar refractivity (Wildman–Crippen MR) is 71.5 cm³/mol. The first-order chi connectivity index (χ1) is 8.04. The third kappa shape index (κ3) is 3.98. The van der Waals surface area contributed by atoms with E-state index >= 15 is 0 Å². The molecule has 0 radical (unpaired) electrons. The van der Waals surface area contributed by atoms with Crippen molar-refractivity contribution in [2.75, 3.05) is 20.8 Å². The molecule has 0 heterocycles. The Morgan fingerprint density at radius 2 is 2.06 bits per heavy atom. The lowest BCUT2D eigenvalue weighted by molar-refractivity contribution is -0.0336. The fourth-order valence-electron chi connectivity index (χ4n) is 1.79. The largest absolute Gasteiger partial charge is 0.496 e. The first kappa shape index (κ1) is 14.5. The molecule has 1 unspecified atom stereocenters. The van der Waals surface area contributed by atoms with Crippen molar-refractivity contribution in [3.63, 3.8) is 0 Å². The summed E-state index contributed by atoms with van der Waals surface area (Å²) >= 11 is 3.43. The lowest BCUT2D eigenvalue weighted by Gasteiger charge is -2.26. The maximum absolute atomic E-state index is 10.4. The quantitative estimate of drug-likeness (QED) is 0.878. The van der Waals surface area contributed by atoms with Crippen molar-refractivity contribution in [2.45, 2.75) is 25.4 Å². The zero-order valence-electron chi connectivity index (χ0n) is 10.5. The van der Waals surface area contributed by atoms with Crippen LogP contribution in [0.15, 0.2) is 22.7 Å². The van der Waals surface area contributed by atoms with E-state index in [4.69, 9.17) is 9.47 Å². The lowest BCUT2D eigenvalue weighted by atomic mass is 9.92. The van der Waals surface area contributed by atoms with Crippen molar-refractivity contribution in [1.82, 2.24) is 0 Å². The molecule has 17 heavy (non-hydrogen) atoms. The van der Waals surface area contributed by atoms with E-state index in [2.05, 4.69) is 15.9 Å². The van der Waals surface area contributed by atoms with Crippen LogP contribution < -0.4 is 4.74 Å². The molecule has 1 aromatic rings. The number of aliphatic hydroxyl groups is 1. The van der Waals surface area contributed by atoms with E-state index in [1.807, 2.05) is 25.1 Å². The van der Waals surface area contributed by atoms with Gasteiger partial charge in [-0.25, -0.2) is 0 Å². The second kappa shape index (κ2) is 6.38. The zero-order valence-corrected chi connectivity index (χ0v) is 12.1. The molecule has 0 aliphatic rings. The van der Waals surface area contributed by atoms with Gasteiger partial charge in [0.25, 0.3) is 0 Å². The Bertz CT molecular complexity index is 368. The second-order valence-corrected chi connectivity index (χ2v) is 5.06. The van der Waals surface area contributed by atoms with Gasteiger partial charge in [0.15, 0.2) is 0 Å². The van der Waals surface area contributed by atoms with Crippen molar-refractivity contribution < 1.29 is 14.6 Å². The number of hydrogen-bond donors (Lipinski definition) is 1. The number of hydrogen-bond acceptors (Lipinski definition) is 3. The third-order valence-corrected chi connectivity index (χ3v) is 3.33. The molecule has 1 N–H and O–H groups in total. The lowest BCUT2D eigenvalue weighted by Crippen LogP contribution is -2.36. The standard InChI is InChI=1S/C13H19BrO3/c1-4-13(15,9-16-2)8-10-7-11(14)5-6-12(10)17-3/h5-7,15H,4,8-9H2,1-3H3. The van der Waals surface area contributed by atoms with E-state index in [1.165, 1.54) is 0 Å². The highest BCUT2D eigenvalue weighted by molar-refractivity contribution is 9.10. The monoisotopic (exact) mass is 302 g/mol. The molecule has 0 spiro atoms. The second-order valence-electron chi connectivity index (χ2n) is 4.14. The maximum Gasteiger partial charge on any atom is 0.122 e. The van der Waals surface area contributed by atoms with Gasteiger partial charge in [0.1, 0.15) is 5.75 Å². The van der Waals surface area contributed by atoms with Crippen LogP contribution in [-0.2, 0) is 11.2 Å².